The smallest absolute Gasteiger partial charge is 0.331 e. The Hall–Kier alpha value is -6.10. The van der Waals surface area contributed by atoms with Gasteiger partial charge >= 0.3 is 6.03 Å². The number of carbonyl (C=O) groups excluding carboxylic acids is 5. The fourth-order valence-electron chi connectivity index (χ4n) is 7.22. The molecule has 0 radical (unpaired) electrons. The zero-order chi connectivity index (χ0) is 43.0. The summed E-state index contributed by atoms with van der Waals surface area (Å²) < 4.78 is 28.1. The van der Waals surface area contributed by atoms with Gasteiger partial charge in [-0.25, -0.2) is 17.5 Å². The number of urea groups is 1. The van der Waals surface area contributed by atoms with Crippen LogP contribution >= 0.6 is 0 Å². The van der Waals surface area contributed by atoms with Crippen LogP contribution in [0.3, 0.4) is 0 Å². The molecular weight excluding hydrogens is 785 g/mol. The molecule has 0 spiro atoms. The first-order valence-corrected chi connectivity index (χ1v) is 21.5. The van der Waals surface area contributed by atoms with Gasteiger partial charge in [0, 0.05) is 29.9 Å². The number of hydrogen-bond acceptors (Lipinski definition) is 9. The van der Waals surface area contributed by atoms with E-state index < -0.39 is 57.9 Å². The van der Waals surface area contributed by atoms with E-state index >= 15 is 0 Å². The van der Waals surface area contributed by atoms with Crippen LogP contribution in [0.5, 0.6) is 0 Å². The number of sulfonamides is 1. The van der Waals surface area contributed by atoms with Crippen molar-refractivity contribution in [2.75, 3.05) is 29.9 Å². The molecule has 8 N–H and O–H groups in total. The minimum Gasteiger partial charge on any atom is -0.343 e. The molecule has 6 amide bonds. The summed E-state index contributed by atoms with van der Waals surface area (Å²) in [5.74, 6) is -1.97. The van der Waals surface area contributed by atoms with E-state index in [0.29, 0.717) is 61.3 Å². The molecule has 6 rings (SSSR count). The van der Waals surface area contributed by atoms with Crippen LogP contribution in [0.25, 0.3) is 0 Å². The third-order valence-corrected chi connectivity index (χ3v) is 12.5. The van der Waals surface area contributed by atoms with Gasteiger partial charge in [-0.1, -0.05) is 74.5 Å². The van der Waals surface area contributed by atoms with Crippen LogP contribution in [0.1, 0.15) is 66.2 Å². The predicted octanol–water partition coefficient (Wildman–Crippen LogP) is 3.61. The number of carbonyl (C=O) groups is 5. The highest BCUT2D eigenvalue weighted by Crippen LogP contribution is 2.34. The maximum absolute atomic E-state index is 13.7. The van der Waals surface area contributed by atoms with Gasteiger partial charge in [-0.05, 0) is 97.3 Å². The molecule has 1 saturated heterocycles. The Labute approximate surface area is 350 Å². The predicted molar refractivity (Wildman–Crippen MR) is 228 cm³/mol. The number of amides is 6. The third kappa shape index (κ3) is 10.2. The van der Waals surface area contributed by atoms with Gasteiger partial charge in [0.1, 0.15) is 12.1 Å². The largest absolute Gasteiger partial charge is 0.343 e. The number of fused-ring (bicyclic) bond motifs is 1. The first-order chi connectivity index (χ1) is 28.8. The molecule has 0 aromatic heterocycles. The Balaban J connectivity index is 1.11. The van der Waals surface area contributed by atoms with Crippen molar-refractivity contribution in [3.63, 3.8) is 0 Å². The van der Waals surface area contributed by atoms with Crippen molar-refractivity contribution >= 4 is 51.1 Å². The summed E-state index contributed by atoms with van der Waals surface area (Å²) in [6.07, 6.45) is 2.08. The van der Waals surface area contributed by atoms with Crippen molar-refractivity contribution in [2.45, 2.75) is 75.0 Å². The lowest BCUT2D eigenvalue weighted by Gasteiger charge is -2.25. The van der Waals surface area contributed by atoms with Crippen molar-refractivity contribution in [2.24, 2.45) is 17.4 Å². The monoisotopic (exact) mass is 836 g/mol. The van der Waals surface area contributed by atoms with Gasteiger partial charge < -0.3 is 37.6 Å². The van der Waals surface area contributed by atoms with E-state index in [4.69, 9.17) is 11.5 Å². The first-order valence-electron chi connectivity index (χ1n) is 20.1. The van der Waals surface area contributed by atoms with Crippen LogP contribution in [0.2, 0.25) is 0 Å². The number of hydrogen-bond donors (Lipinski definition) is 6. The molecule has 316 valence electrons. The lowest BCUT2D eigenvalue weighted by Crippen LogP contribution is -2.56. The molecule has 0 saturated carbocycles. The van der Waals surface area contributed by atoms with Crippen LogP contribution in [-0.4, -0.2) is 80.1 Å². The van der Waals surface area contributed by atoms with E-state index in [1.165, 1.54) is 12.1 Å². The number of benzene rings is 4. The topological polar surface area (TPSA) is 226 Å². The second-order valence-corrected chi connectivity index (χ2v) is 17.2. The quantitative estimate of drug-likeness (QED) is 0.0854. The van der Waals surface area contributed by atoms with E-state index in [9.17, 15) is 32.4 Å². The fourth-order valence-corrected chi connectivity index (χ4v) is 8.62. The Bertz CT molecular complexity index is 2290. The Kier molecular flexibility index (Phi) is 14.0. The van der Waals surface area contributed by atoms with Gasteiger partial charge in [-0.2, -0.15) is 0 Å². The summed E-state index contributed by atoms with van der Waals surface area (Å²) in [7, 11) is -4.17. The van der Waals surface area contributed by atoms with Crippen molar-refractivity contribution < 1.29 is 32.4 Å². The number of rotatable bonds is 17. The average Bonchev–Trinajstić information content (AvgIpc) is 3.87. The minimum atomic E-state index is -4.17. The van der Waals surface area contributed by atoms with Gasteiger partial charge in [0.05, 0.1) is 23.5 Å². The van der Waals surface area contributed by atoms with Crippen molar-refractivity contribution in [3.05, 3.63) is 125 Å². The molecule has 0 bridgehead atoms. The summed E-state index contributed by atoms with van der Waals surface area (Å²) in [6, 6.07) is 25.2. The highest BCUT2D eigenvalue weighted by atomic mass is 32.2. The molecule has 1 fully saturated rings. The SMILES string of the molecule is CC(C)C(N)C(=O)NC(Cc1ccccc1)C(=O)N[C@H](CCCCN)C(=O)Nc1ccc(C(=O)N2CCc3cc(S(=O)(=O)N4C[C@H](c5ccccc5)NC4=O)ccc32)cc1. The molecule has 60 heavy (non-hydrogen) atoms. The Morgan fingerprint density at radius 3 is 2.17 bits per heavy atom. The maximum Gasteiger partial charge on any atom is 0.331 e. The highest BCUT2D eigenvalue weighted by molar-refractivity contribution is 7.89. The minimum absolute atomic E-state index is 0.0381. The number of anilines is 2. The summed E-state index contributed by atoms with van der Waals surface area (Å²) >= 11 is 0. The lowest BCUT2D eigenvalue weighted by atomic mass is 10.0. The fraction of sp³-hybridized carbons (Fsp3) is 0.341. The van der Waals surface area contributed by atoms with Gasteiger partial charge in [0.2, 0.25) is 17.7 Å². The molecule has 2 unspecified atom stereocenters. The van der Waals surface area contributed by atoms with Gasteiger partial charge in [0.15, 0.2) is 0 Å². The van der Waals surface area contributed by atoms with Crippen molar-refractivity contribution in [1.29, 1.82) is 0 Å². The summed E-state index contributed by atoms with van der Waals surface area (Å²) in [4.78, 5) is 68.4. The molecular formula is C44H52N8O7S. The molecule has 4 atom stereocenters. The highest BCUT2D eigenvalue weighted by Gasteiger charge is 2.39. The maximum atomic E-state index is 13.7. The lowest BCUT2D eigenvalue weighted by molar-refractivity contribution is -0.131. The van der Waals surface area contributed by atoms with Gasteiger partial charge in [-0.3, -0.25) is 19.2 Å². The summed E-state index contributed by atoms with van der Waals surface area (Å²) in [6.45, 7) is 4.31. The number of nitrogens with zero attached hydrogens (tertiary/aromatic N) is 2. The van der Waals surface area contributed by atoms with E-state index in [1.54, 1.807) is 35.2 Å². The van der Waals surface area contributed by atoms with E-state index in [-0.39, 0.29) is 29.7 Å². The average molecular weight is 837 g/mol. The van der Waals surface area contributed by atoms with Crippen LogP contribution < -0.4 is 37.6 Å². The third-order valence-electron chi connectivity index (χ3n) is 10.8. The molecule has 16 heteroatoms. The normalized spacial score (nSPS) is 16.4. The van der Waals surface area contributed by atoms with E-state index in [1.807, 2.05) is 74.5 Å². The van der Waals surface area contributed by atoms with Crippen molar-refractivity contribution in [3.8, 4) is 0 Å². The molecule has 0 aliphatic carbocycles. The zero-order valence-corrected chi connectivity index (χ0v) is 34.5. The molecule has 4 aromatic carbocycles. The van der Waals surface area contributed by atoms with E-state index in [2.05, 4.69) is 21.3 Å². The molecule has 15 nitrogen and oxygen atoms in total. The van der Waals surface area contributed by atoms with Crippen molar-refractivity contribution in [1.82, 2.24) is 20.3 Å². The van der Waals surface area contributed by atoms with Crippen LogP contribution in [0, 0.1) is 5.92 Å². The number of nitrogens with two attached hydrogens (primary N) is 2. The van der Waals surface area contributed by atoms with Gasteiger partial charge in [-0.15, -0.1) is 0 Å². The number of nitrogens with one attached hydrogen (secondary N) is 4. The molecule has 2 heterocycles. The summed E-state index contributed by atoms with van der Waals surface area (Å²) in [5.41, 5.74) is 15.4. The van der Waals surface area contributed by atoms with Crippen LogP contribution in [0.15, 0.2) is 108 Å². The summed E-state index contributed by atoms with van der Waals surface area (Å²) in [5, 5.41) is 11.2. The second kappa shape index (κ2) is 19.3. The van der Waals surface area contributed by atoms with Crippen LogP contribution in [-0.2, 0) is 37.2 Å². The zero-order valence-electron chi connectivity index (χ0n) is 33.7. The number of unbranched alkanes of at least 4 members (excludes halogenated alkanes) is 1. The molecule has 2 aliphatic rings. The molecule has 2 aliphatic heterocycles. The molecule has 4 aromatic rings. The Morgan fingerprint density at radius 2 is 1.50 bits per heavy atom. The van der Waals surface area contributed by atoms with E-state index in [0.717, 1.165) is 15.4 Å². The second-order valence-electron chi connectivity index (χ2n) is 15.4. The van der Waals surface area contributed by atoms with Crippen LogP contribution in [0.4, 0.5) is 16.2 Å². The standard InChI is InChI=1S/C44H52N8O7S/c1-28(2)39(46)42(55)49-36(25-29-11-5-3-6-12-29)41(54)48-35(15-9-10-23-45)40(53)47-33-18-16-31(17-19-33)43(56)51-24-22-32-26-34(20-21-38(32)51)60(58,59)52-27-37(50-44(52)57)30-13-7-4-8-14-30/h3-8,11-14,16-21,26,28,35-37,39H,9-10,15,22-25,27,45-46H2,1-2H3,(H,47,53)(H,48,54)(H,49,55)(H,50,57)/t35-,36?,37-,39?/m1/s1. The Morgan fingerprint density at radius 1 is 0.833 bits per heavy atom. The first kappa shape index (κ1) is 43.5. The van der Waals surface area contributed by atoms with Gasteiger partial charge in [0.25, 0.3) is 15.9 Å².